The molecule has 2 nitrogen and oxygen atoms in total. The molecule has 0 spiro atoms. The summed E-state index contributed by atoms with van der Waals surface area (Å²) in [5.74, 6) is 1.58. The molecule has 0 saturated carbocycles. The molecule has 4 aromatic carbocycles. The molecule has 4 heteroatoms. The number of aromatic nitrogens is 1. The minimum Gasteiger partial charge on any atom is -1.00 e. The summed E-state index contributed by atoms with van der Waals surface area (Å²) in [6.07, 6.45) is 0.812. The molecule has 0 amide bonds. The van der Waals surface area contributed by atoms with Crippen LogP contribution in [0.4, 0.5) is 0 Å². The summed E-state index contributed by atoms with van der Waals surface area (Å²) in [5, 5.41) is 4.05. The lowest BCUT2D eigenvalue weighted by molar-refractivity contribution is -0.00000726. The molecule has 5 rings (SSSR count). The number of hydrogen-bond donors (Lipinski definition) is 0. The Bertz CT molecular complexity index is 1240. The van der Waals surface area contributed by atoms with Gasteiger partial charge in [0, 0.05) is 5.56 Å². The second-order valence-corrected chi connectivity index (χ2v) is 11.8. The van der Waals surface area contributed by atoms with Crippen LogP contribution in [0.3, 0.4) is 0 Å². The van der Waals surface area contributed by atoms with Gasteiger partial charge in [-0.15, -0.1) is 0 Å². The molecule has 0 saturated heterocycles. The number of aryl methyl sites for hydroxylation is 2. The standard InChI is InChI=1S/C30H27NOP.ClH/c1-23-18-20-25(21-19-23)30-31-29(24(2)32-30)22-33(26-12-6-3-7-13-26,27-14-8-4-9-15-27)28-16-10-5-11-17-28;/h3-21H,22H2,1-2H3;1H/q+1;/p-1. The lowest BCUT2D eigenvalue weighted by Gasteiger charge is -2.27. The van der Waals surface area contributed by atoms with Gasteiger partial charge in [0.05, 0.1) is 0 Å². The van der Waals surface area contributed by atoms with Crippen molar-refractivity contribution in [1.29, 1.82) is 0 Å². The minimum absolute atomic E-state index is 0. The Balaban J connectivity index is 0.00000274. The molecule has 34 heavy (non-hydrogen) atoms. The van der Waals surface area contributed by atoms with Crippen LogP contribution in [0, 0.1) is 13.8 Å². The van der Waals surface area contributed by atoms with Crippen molar-refractivity contribution in [1.82, 2.24) is 4.98 Å². The molecule has 0 fully saturated rings. The summed E-state index contributed by atoms with van der Waals surface area (Å²) in [4.78, 5) is 5.03. The first-order valence-corrected chi connectivity index (χ1v) is 13.2. The van der Waals surface area contributed by atoms with E-state index in [1.54, 1.807) is 0 Å². The van der Waals surface area contributed by atoms with Crippen LogP contribution in [0.15, 0.2) is 120 Å². The monoisotopic (exact) mass is 483 g/mol. The second kappa shape index (κ2) is 10.4. The van der Waals surface area contributed by atoms with Gasteiger partial charge in [-0.2, -0.15) is 0 Å². The van der Waals surface area contributed by atoms with Crippen molar-refractivity contribution >= 4 is 23.2 Å². The van der Waals surface area contributed by atoms with E-state index in [2.05, 4.69) is 122 Å². The predicted molar refractivity (Wildman–Crippen MR) is 140 cm³/mol. The van der Waals surface area contributed by atoms with Crippen LogP contribution in [0.2, 0.25) is 0 Å². The summed E-state index contributed by atoms with van der Waals surface area (Å²) in [7, 11) is -2.01. The first-order valence-electron chi connectivity index (χ1n) is 11.2. The molecule has 0 atom stereocenters. The molecule has 1 heterocycles. The van der Waals surface area contributed by atoms with E-state index in [-0.39, 0.29) is 12.4 Å². The number of hydrogen-bond acceptors (Lipinski definition) is 2. The van der Waals surface area contributed by atoms with Crippen molar-refractivity contribution < 1.29 is 16.8 Å². The van der Waals surface area contributed by atoms with Crippen LogP contribution >= 0.6 is 7.26 Å². The summed E-state index contributed by atoms with van der Waals surface area (Å²) in [6, 6.07) is 41.1. The molecule has 0 bridgehead atoms. The highest BCUT2D eigenvalue weighted by atomic mass is 35.5. The van der Waals surface area contributed by atoms with Crippen molar-refractivity contribution in [3.05, 3.63) is 132 Å². The second-order valence-electron chi connectivity index (χ2n) is 8.36. The maximum absolute atomic E-state index is 6.20. The maximum Gasteiger partial charge on any atom is 0.226 e. The zero-order valence-corrected chi connectivity index (χ0v) is 21.0. The van der Waals surface area contributed by atoms with E-state index in [9.17, 15) is 0 Å². The normalized spacial score (nSPS) is 11.1. The van der Waals surface area contributed by atoms with Gasteiger partial charge in [-0.1, -0.05) is 72.3 Å². The highest BCUT2D eigenvalue weighted by molar-refractivity contribution is 7.95. The first kappa shape index (κ1) is 24.0. The van der Waals surface area contributed by atoms with E-state index in [1.165, 1.54) is 21.5 Å². The third-order valence-corrected chi connectivity index (χ3v) is 10.5. The average molecular weight is 484 g/mol. The topological polar surface area (TPSA) is 26.0 Å². The molecule has 0 unspecified atom stereocenters. The van der Waals surface area contributed by atoms with E-state index < -0.39 is 7.26 Å². The zero-order valence-electron chi connectivity index (χ0n) is 19.4. The molecular formula is C30H27ClNOP. The van der Waals surface area contributed by atoms with Crippen LogP contribution in [-0.2, 0) is 6.16 Å². The van der Waals surface area contributed by atoms with E-state index in [1.807, 2.05) is 6.92 Å². The van der Waals surface area contributed by atoms with Gasteiger partial charge < -0.3 is 16.8 Å². The van der Waals surface area contributed by atoms with Gasteiger partial charge >= 0.3 is 0 Å². The van der Waals surface area contributed by atoms with Crippen molar-refractivity contribution in [2.45, 2.75) is 20.0 Å². The minimum atomic E-state index is -2.01. The summed E-state index contributed by atoms with van der Waals surface area (Å²) < 4.78 is 6.20. The van der Waals surface area contributed by atoms with Crippen molar-refractivity contribution in [3.8, 4) is 11.5 Å². The summed E-state index contributed by atoms with van der Waals surface area (Å²) in [6.45, 7) is 4.13. The van der Waals surface area contributed by atoms with Gasteiger partial charge in [0.25, 0.3) is 0 Å². The van der Waals surface area contributed by atoms with Crippen LogP contribution in [-0.4, -0.2) is 4.98 Å². The lowest BCUT2D eigenvalue weighted by Crippen LogP contribution is -3.00. The quantitative estimate of drug-likeness (QED) is 0.346. The number of rotatable bonds is 6. The zero-order chi connectivity index (χ0) is 22.7. The van der Waals surface area contributed by atoms with E-state index in [0.29, 0.717) is 5.89 Å². The highest BCUT2D eigenvalue weighted by Crippen LogP contribution is 2.58. The lowest BCUT2D eigenvalue weighted by atomic mass is 10.1. The van der Waals surface area contributed by atoms with Gasteiger partial charge in [-0.3, -0.25) is 0 Å². The van der Waals surface area contributed by atoms with Crippen molar-refractivity contribution in [2.75, 3.05) is 0 Å². The Kier molecular flexibility index (Phi) is 7.32. The molecule has 5 aromatic rings. The number of benzene rings is 4. The third kappa shape index (κ3) is 4.57. The molecule has 0 aliphatic carbocycles. The van der Waals surface area contributed by atoms with Crippen molar-refractivity contribution in [3.63, 3.8) is 0 Å². The van der Waals surface area contributed by atoms with Crippen LogP contribution in [0.1, 0.15) is 17.0 Å². The Labute approximate surface area is 208 Å². The molecular weight excluding hydrogens is 457 g/mol. The number of nitrogens with zero attached hydrogens (tertiary/aromatic N) is 1. The van der Waals surface area contributed by atoms with E-state index in [4.69, 9.17) is 9.40 Å². The fourth-order valence-corrected chi connectivity index (χ4v) is 8.62. The van der Waals surface area contributed by atoms with E-state index >= 15 is 0 Å². The fraction of sp³-hybridized carbons (Fsp3) is 0.100. The Morgan fingerprint density at radius 1 is 0.618 bits per heavy atom. The fourth-order valence-electron chi connectivity index (χ4n) is 4.39. The maximum atomic E-state index is 6.20. The van der Waals surface area contributed by atoms with Gasteiger partial charge in [-0.05, 0) is 62.4 Å². The Hall–Kier alpha value is -3.19. The highest BCUT2D eigenvalue weighted by Gasteiger charge is 2.46. The van der Waals surface area contributed by atoms with Gasteiger partial charge in [-0.25, -0.2) is 4.98 Å². The largest absolute Gasteiger partial charge is 1.00 e. The van der Waals surface area contributed by atoms with Crippen LogP contribution in [0.25, 0.3) is 11.5 Å². The molecule has 1 aromatic heterocycles. The predicted octanol–water partition coefficient (Wildman–Crippen LogP) is 3.46. The Morgan fingerprint density at radius 3 is 1.50 bits per heavy atom. The first-order chi connectivity index (χ1) is 16.2. The van der Waals surface area contributed by atoms with Gasteiger partial charge in [0.1, 0.15) is 40.8 Å². The molecule has 0 aliphatic heterocycles. The molecule has 170 valence electrons. The van der Waals surface area contributed by atoms with Crippen molar-refractivity contribution in [2.24, 2.45) is 0 Å². The third-order valence-electron chi connectivity index (χ3n) is 6.17. The number of oxazole rings is 1. The van der Waals surface area contributed by atoms with Gasteiger partial charge in [0.15, 0.2) is 0 Å². The smallest absolute Gasteiger partial charge is 0.226 e. The average Bonchev–Trinajstić information content (AvgIpc) is 3.24. The number of halogens is 1. The molecule has 0 aliphatic rings. The summed E-state index contributed by atoms with van der Waals surface area (Å²) in [5.41, 5.74) is 3.26. The Morgan fingerprint density at radius 2 is 1.06 bits per heavy atom. The van der Waals surface area contributed by atoms with Crippen LogP contribution < -0.4 is 28.3 Å². The van der Waals surface area contributed by atoms with Crippen LogP contribution in [0.5, 0.6) is 0 Å². The molecule has 0 N–H and O–H groups in total. The summed E-state index contributed by atoms with van der Waals surface area (Å²) >= 11 is 0. The van der Waals surface area contributed by atoms with E-state index in [0.717, 1.165) is 23.2 Å². The molecule has 0 radical (unpaired) electrons. The SMILES string of the molecule is Cc1ccc(-c2nc(C[P+](c3ccccc3)(c3ccccc3)c3ccccc3)c(C)o2)cc1.[Cl-]. The van der Waals surface area contributed by atoms with Gasteiger partial charge in [0.2, 0.25) is 5.89 Å².